The van der Waals surface area contributed by atoms with E-state index in [0.717, 1.165) is 17.2 Å². The van der Waals surface area contributed by atoms with Crippen molar-refractivity contribution in [3.05, 3.63) is 127 Å². The lowest BCUT2D eigenvalue weighted by Crippen LogP contribution is -2.73. The third kappa shape index (κ3) is 2.08. The Morgan fingerprint density at radius 1 is 0.694 bits per heavy atom. The molecule has 0 fully saturated rings. The summed E-state index contributed by atoms with van der Waals surface area (Å²) in [5.74, 6) is 1.84. The number of ether oxygens (including phenoxy) is 1. The summed E-state index contributed by atoms with van der Waals surface area (Å²) in [6, 6.07) is 34.5. The first kappa shape index (κ1) is 18.8. The number of benzene rings is 3. The quantitative estimate of drug-likeness (QED) is 0.272. The van der Waals surface area contributed by atoms with Crippen LogP contribution >= 0.6 is 11.3 Å². The van der Waals surface area contributed by atoms with Crippen LogP contribution in [0, 0.1) is 0 Å². The SMILES string of the molecule is c1ccc(-c2ccc(-c3ccc4[n+](c3)C35c6c(cccc6-4)Oc4cccc(c43)-n3ccc[n+]35)s2)cc1. The first-order valence-corrected chi connectivity index (χ1v) is 12.9. The molecule has 9 rings (SSSR count). The summed E-state index contributed by atoms with van der Waals surface area (Å²) >= 11 is 1.84. The number of rotatable bonds is 2. The molecule has 0 N–H and O–H groups in total. The maximum Gasteiger partial charge on any atom is 0.447 e. The predicted octanol–water partition coefficient (Wildman–Crippen LogP) is 6.15. The van der Waals surface area contributed by atoms with Crippen molar-refractivity contribution in [1.29, 1.82) is 0 Å². The highest BCUT2D eigenvalue weighted by atomic mass is 32.1. The molecule has 0 aliphatic carbocycles. The van der Waals surface area contributed by atoms with E-state index in [9.17, 15) is 0 Å². The zero-order valence-electron chi connectivity index (χ0n) is 19.1. The van der Waals surface area contributed by atoms with Crippen molar-refractivity contribution in [2.75, 3.05) is 0 Å². The summed E-state index contributed by atoms with van der Waals surface area (Å²) < 4.78 is 13.6. The average Bonchev–Trinajstić information content (AvgIpc) is 3.70. The summed E-state index contributed by atoms with van der Waals surface area (Å²) in [5.41, 5.74) is 7.93. The van der Waals surface area contributed by atoms with E-state index in [4.69, 9.17) is 4.74 Å². The van der Waals surface area contributed by atoms with Gasteiger partial charge in [0.2, 0.25) is 11.9 Å². The molecule has 0 bridgehead atoms. The number of hydrogen-bond donors (Lipinski definition) is 0. The van der Waals surface area contributed by atoms with Crippen molar-refractivity contribution < 1.29 is 14.0 Å². The van der Waals surface area contributed by atoms with Gasteiger partial charge in [0, 0.05) is 21.9 Å². The normalized spacial score (nSPS) is 17.2. The second kappa shape index (κ2) is 6.39. The van der Waals surface area contributed by atoms with E-state index in [1.165, 1.54) is 43.3 Å². The minimum absolute atomic E-state index is 0.523. The van der Waals surface area contributed by atoms with E-state index in [0.29, 0.717) is 0 Å². The summed E-state index contributed by atoms with van der Waals surface area (Å²) in [7, 11) is 0. The molecule has 3 aromatic heterocycles. The topological polar surface area (TPSA) is 21.9 Å². The van der Waals surface area contributed by atoms with Gasteiger partial charge in [-0.3, -0.25) is 0 Å². The molecule has 168 valence electrons. The number of hydrogen-bond acceptors (Lipinski definition) is 2. The van der Waals surface area contributed by atoms with Crippen molar-refractivity contribution >= 4 is 11.3 Å². The van der Waals surface area contributed by atoms with Crippen LogP contribution < -0.4 is 14.0 Å². The van der Waals surface area contributed by atoms with Gasteiger partial charge in [-0.05, 0) is 52.7 Å². The molecule has 5 heteroatoms. The largest absolute Gasteiger partial charge is 0.455 e. The van der Waals surface area contributed by atoms with E-state index in [1.54, 1.807) is 0 Å². The number of fused-ring (bicyclic) bond motifs is 4. The molecule has 4 nitrogen and oxygen atoms in total. The van der Waals surface area contributed by atoms with Gasteiger partial charge >= 0.3 is 5.66 Å². The van der Waals surface area contributed by atoms with Crippen LogP contribution in [0.2, 0.25) is 0 Å². The molecule has 0 radical (unpaired) electrons. The van der Waals surface area contributed by atoms with Crippen molar-refractivity contribution in [1.82, 2.24) is 4.68 Å². The van der Waals surface area contributed by atoms with Crippen molar-refractivity contribution in [2.45, 2.75) is 5.66 Å². The van der Waals surface area contributed by atoms with Gasteiger partial charge in [0.1, 0.15) is 17.2 Å². The van der Waals surface area contributed by atoms with Crippen LogP contribution in [0.3, 0.4) is 0 Å². The number of nitrogens with zero attached hydrogens (tertiary/aromatic N) is 3. The maximum absolute atomic E-state index is 6.52. The molecule has 3 aliphatic heterocycles. The summed E-state index contributed by atoms with van der Waals surface area (Å²) in [4.78, 5) is 2.54. The third-order valence-corrected chi connectivity index (χ3v) is 8.92. The molecule has 3 aromatic carbocycles. The maximum atomic E-state index is 6.52. The number of pyridine rings is 1. The van der Waals surface area contributed by atoms with E-state index < -0.39 is 5.66 Å². The van der Waals surface area contributed by atoms with E-state index in [1.807, 2.05) is 11.3 Å². The number of thiophene rings is 1. The van der Waals surface area contributed by atoms with E-state index in [2.05, 4.69) is 130 Å². The molecule has 6 heterocycles. The van der Waals surface area contributed by atoms with Crippen LogP contribution in [0.15, 0.2) is 116 Å². The Labute approximate surface area is 211 Å². The van der Waals surface area contributed by atoms with Crippen LogP contribution in [-0.4, -0.2) is 4.68 Å². The van der Waals surface area contributed by atoms with E-state index in [-0.39, 0.29) is 0 Å². The fourth-order valence-corrected chi connectivity index (χ4v) is 7.35. The monoisotopic (exact) mass is 481 g/mol. The molecule has 1 unspecified atom stereocenters. The smallest absolute Gasteiger partial charge is 0.447 e. The lowest BCUT2D eigenvalue weighted by Gasteiger charge is -2.23. The van der Waals surface area contributed by atoms with Crippen LogP contribution in [0.25, 0.3) is 37.8 Å². The Morgan fingerprint density at radius 3 is 2.39 bits per heavy atom. The van der Waals surface area contributed by atoms with Gasteiger partial charge < -0.3 is 4.74 Å². The van der Waals surface area contributed by atoms with Gasteiger partial charge in [-0.1, -0.05) is 42.5 Å². The van der Waals surface area contributed by atoms with Gasteiger partial charge in [-0.15, -0.1) is 20.6 Å². The fourth-order valence-electron chi connectivity index (χ4n) is 6.35. The Hall–Kier alpha value is -4.48. The zero-order valence-corrected chi connectivity index (χ0v) is 19.9. The van der Waals surface area contributed by atoms with Crippen LogP contribution in [-0.2, 0) is 5.66 Å². The lowest BCUT2D eigenvalue weighted by molar-refractivity contribution is -0.987. The van der Waals surface area contributed by atoms with Crippen molar-refractivity contribution in [3.63, 3.8) is 0 Å². The second-order valence-corrected chi connectivity index (χ2v) is 10.6. The van der Waals surface area contributed by atoms with Crippen molar-refractivity contribution in [3.8, 4) is 49.3 Å². The van der Waals surface area contributed by atoms with Crippen molar-refractivity contribution in [2.24, 2.45) is 0 Å². The zero-order chi connectivity index (χ0) is 23.4. The molecule has 6 aromatic rings. The Morgan fingerprint density at radius 2 is 1.50 bits per heavy atom. The number of aromatic nitrogens is 3. The average molecular weight is 482 g/mol. The third-order valence-electron chi connectivity index (χ3n) is 7.73. The summed E-state index contributed by atoms with van der Waals surface area (Å²) in [6.07, 6.45) is 6.66. The second-order valence-electron chi connectivity index (χ2n) is 9.49. The first-order valence-electron chi connectivity index (χ1n) is 12.1. The van der Waals surface area contributed by atoms with Gasteiger partial charge in [-0.25, -0.2) is 0 Å². The molecule has 36 heavy (non-hydrogen) atoms. The highest BCUT2D eigenvalue weighted by molar-refractivity contribution is 7.18. The minimum Gasteiger partial charge on any atom is -0.455 e. The van der Waals surface area contributed by atoms with Gasteiger partial charge in [0.05, 0.1) is 17.3 Å². The first-order chi connectivity index (χ1) is 17.8. The molecule has 1 atom stereocenters. The highest BCUT2D eigenvalue weighted by Crippen LogP contribution is 2.55. The van der Waals surface area contributed by atoms with Gasteiger partial charge in [0.15, 0.2) is 17.3 Å². The Balaban J connectivity index is 1.34. The molecule has 0 saturated heterocycles. The van der Waals surface area contributed by atoms with Crippen LogP contribution in [0.4, 0.5) is 0 Å². The molecule has 1 spiro atoms. The molecular formula is C31H19N3OS+2. The van der Waals surface area contributed by atoms with E-state index >= 15 is 0 Å². The summed E-state index contributed by atoms with van der Waals surface area (Å²) in [5, 5.41) is 0. The molecular weight excluding hydrogens is 462 g/mol. The molecule has 0 amide bonds. The lowest BCUT2D eigenvalue weighted by atomic mass is 9.87. The van der Waals surface area contributed by atoms with Gasteiger partial charge in [0.25, 0.3) is 0 Å². The standard InChI is InChI=1S/C31H19N3OS/c1-2-7-20(8-3-1)27-15-16-28(36-27)21-13-14-23-22-9-4-11-25-29(22)31(32(23)19-21)30-24(10-5-12-26(30)35-25)33-17-6-18-34(31)33/h1-19H/q+2. The Kier molecular flexibility index (Phi) is 3.34. The predicted molar refractivity (Wildman–Crippen MR) is 138 cm³/mol. The summed E-state index contributed by atoms with van der Waals surface area (Å²) in [6.45, 7) is 0. The van der Waals surface area contributed by atoms with Crippen LogP contribution in [0.1, 0.15) is 11.1 Å². The van der Waals surface area contributed by atoms with Gasteiger partial charge in [-0.2, -0.15) is 0 Å². The highest BCUT2D eigenvalue weighted by Gasteiger charge is 2.71. The fraction of sp³-hybridized carbons (Fsp3) is 0.0323. The van der Waals surface area contributed by atoms with Crippen LogP contribution in [0.5, 0.6) is 11.5 Å². The molecule has 3 aliphatic rings. The molecule has 0 saturated carbocycles. The Bertz CT molecular complexity index is 1880. The minimum atomic E-state index is -0.523.